The molecular weight excluding hydrogens is 430 g/mol. The van der Waals surface area contributed by atoms with Crippen molar-refractivity contribution in [2.45, 2.75) is 42.2 Å². The van der Waals surface area contributed by atoms with Crippen LogP contribution in [0.5, 0.6) is 0 Å². The largest absolute Gasteiger partial charge is 1.00 e. The molecule has 1 aliphatic rings. The number of hydrogen-bond acceptors (Lipinski definition) is 0. The van der Waals surface area contributed by atoms with Gasteiger partial charge >= 0.3 is 158 Å². The fraction of sp³-hybridized carbons (Fsp3) is 0.304. The van der Waals surface area contributed by atoms with Crippen LogP contribution in [0, 0.1) is 0 Å². The third-order valence-corrected chi connectivity index (χ3v) is 6.36. The smallest absolute Gasteiger partial charge is 1.00 e. The minimum Gasteiger partial charge on any atom is -1.00 e. The van der Waals surface area contributed by atoms with E-state index in [-0.39, 0.29) is 46.4 Å². The quantitative estimate of drug-likeness (QED) is 0.419. The molecular formula is C23H25Cl3Ti. The van der Waals surface area contributed by atoms with Gasteiger partial charge in [0.25, 0.3) is 0 Å². The van der Waals surface area contributed by atoms with Gasteiger partial charge in [0.05, 0.1) is 0 Å². The Morgan fingerprint density at radius 3 is 1.70 bits per heavy atom. The van der Waals surface area contributed by atoms with Crippen molar-refractivity contribution in [3.8, 4) is 0 Å². The number of rotatable bonds is 6. The molecule has 0 aliphatic heterocycles. The molecule has 0 N–H and O–H groups in total. The Morgan fingerprint density at radius 2 is 1.33 bits per heavy atom. The zero-order chi connectivity index (χ0) is 17.0. The SMILES string of the molecule is CCCCC(c1ccccc1)(c1ccccc1)[C]1([Ti+3])C=CC(C)=C1.[Cl-].[Cl-].[Cl-]. The Balaban J connectivity index is 0.00000225. The van der Waals surface area contributed by atoms with Crippen LogP contribution in [-0.4, -0.2) is 0 Å². The minimum atomic E-state index is -0.0280. The first kappa shape index (κ1) is 26.5. The summed E-state index contributed by atoms with van der Waals surface area (Å²) in [5.74, 6) is 0. The Bertz CT molecular complexity index is 701. The van der Waals surface area contributed by atoms with Crippen LogP contribution in [0.25, 0.3) is 0 Å². The Kier molecular flexibility index (Phi) is 11.3. The normalized spacial score (nSPS) is 18.0. The zero-order valence-electron chi connectivity index (χ0n) is 15.8. The third-order valence-electron chi connectivity index (χ3n) is 5.21. The number of halogens is 3. The number of benzene rings is 2. The second kappa shape index (κ2) is 11.5. The molecule has 0 saturated carbocycles. The molecule has 2 aromatic rings. The monoisotopic (exact) mass is 454 g/mol. The summed E-state index contributed by atoms with van der Waals surface area (Å²) in [5, 5.41) is 0. The van der Waals surface area contributed by atoms with Gasteiger partial charge in [-0.1, -0.05) is 0 Å². The first-order valence-corrected chi connectivity index (χ1v) is 9.65. The maximum atomic E-state index is 2.46. The van der Waals surface area contributed by atoms with Gasteiger partial charge in [-0.2, -0.15) is 0 Å². The number of unbranched alkanes of at least 4 members (excludes halogenated alkanes) is 1. The van der Waals surface area contributed by atoms with Crippen molar-refractivity contribution in [1.82, 2.24) is 0 Å². The summed E-state index contributed by atoms with van der Waals surface area (Å²) in [6.45, 7) is 4.50. The van der Waals surface area contributed by atoms with E-state index in [4.69, 9.17) is 0 Å². The zero-order valence-corrected chi connectivity index (χ0v) is 19.6. The van der Waals surface area contributed by atoms with Gasteiger partial charge in [0.15, 0.2) is 0 Å². The molecule has 4 heteroatoms. The van der Waals surface area contributed by atoms with Gasteiger partial charge in [0.1, 0.15) is 0 Å². The second-order valence-electron chi connectivity index (χ2n) is 6.83. The molecule has 3 rings (SSSR count). The van der Waals surface area contributed by atoms with Crippen LogP contribution in [0.2, 0.25) is 3.72 Å². The summed E-state index contributed by atoms with van der Waals surface area (Å²) in [7, 11) is 0. The summed E-state index contributed by atoms with van der Waals surface area (Å²) in [6.07, 6.45) is 10.7. The molecule has 0 nitrogen and oxygen atoms in total. The number of allylic oxidation sites excluding steroid dienone is 4. The molecule has 0 amide bonds. The van der Waals surface area contributed by atoms with Gasteiger partial charge in [-0.3, -0.25) is 0 Å². The predicted octanol–water partition coefficient (Wildman–Crippen LogP) is -2.60. The van der Waals surface area contributed by atoms with E-state index < -0.39 is 0 Å². The summed E-state index contributed by atoms with van der Waals surface area (Å²) in [6, 6.07) is 22.2. The molecule has 0 aromatic heterocycles. The van der Waals surface area contributed by atoms with E-state index in [1.807, 2.05) is 0 Å². The van der Waals surface area contributed by atoms with E-state index in [2.05, 4.69) is 113 Å². The van der Waals surface area contributed by atoms with E-state index in [1.54, 1.807) is 0 Å². The topological polar surface area (TPSA) is 0 Å². The van der Waals surface area contributed by atoms with Crippen LogP contribution in [0.15, 0.2) is 84.5 Å². The average Bonchev–Trinajstić information content (AvgIpc) is 2.97. The minimum absolute atomic E-state index is 0. The standard InChI is InChI=1S/C23H25.3ClH.Ti/c1-3-4-17-23(20-11-7-5-8-12-20,21-13-9-6-10-14-21)22-16-15-19(2)18-22;;;;/h5-16,18H,3-4,17H2,1-2H3;3*1H;/q;;;;+3/p-3. The second-order valence-corrected chi connectivity index (χ2v) is 8.12. The molecule has 0 heterocycles. The summed E-state index contributed by atoms with van der Waals surface area (Å²) < 4.78 is -0.00500. The Hall–Kier alpha value is -0.496. The molecule has 0 fully saturated rings. The predicted molar refractivity (Wildman–Crippen MR) is 98.8 cm³/mol. The van der Waals surface area contributed by atoms with Crippen molar-refractivity contribution in [3.63, 3.8) is 0 Å². The molecule has 0 bridgehead atoms. The van der Waals surface area contributed by atoms with Crippen molar-refractivity contribution in [3.05, 3.63) is 95.6 Å². The van der Waals surface area contributed by atoms with Gasteiger partial charge in [0, 0.05) is 0 Å². The van der Waals surface area contributed by atoms with Crippen LogP contribution >= 0.6 is 0 Å². The van der Waals surface area contributed by atoms with Gasteiger partial charge in [-0.15, -0.1) is 0 Å². The molecule has 142 valence electrons. The fourth-order valence-electron chi connectivity index (χ4n) is 4.01. The maximum absolute atomic E-state index is 2.46. The van der Waals surface area contributed by atoms with Crippen molar-refractivity contribution < 1.29 is 57.7 Å². The van der Waals surface area contributed by atoms with Gasteiger partial charge in [0.2, 0.25) is 0 Å². The summed E-state index contributed by atoms with van der Waals surface area (Å²) >= 11 is 2.40. The molecule has 1 aliphatic carbocycles. The maximum Gasteiger partial charge on any atom is -1.00 e. The van der Waals surface area contributed by atoms with E-state index >= 15 is 0 Å². The molecule has 0 radical (unpaired) electrons. The van der Waals surface area contributed by atoms with Crippen LogP contribution < -0.4 is 37.2 Å². The molecule has 27 heavy (non-hydrogen) atoms. The van der Waals surface area contributed by atoms with E-state index in [0.717, 1.165) is 6.42 Å². The average molecular weight is 456 g/mol. The van der Waals surface area contributed by atoms with Crippen molar-refractivity contribution in [2.75, 3.05) is 0 Å². The van der Waals surface area contributed by atoms with Crippen LogP contribution in [0.1, 0.15) is 44.2 Å². The Morgan fingerprint density at radius 1 is 0.852 bits per heavy atom. The first-order valence-electron chi connectivity index (χ1n) is 8.87. The van der Waals surface area contributed by atoms with E-state index in [0.29, 0.717) is 0 Å². The molecule has 0 spiro atoms. The molecule has 1 atom stereocenters. The van der Waals surface area contributed by atoms with E-state index in [9.17, 15) is 0 Å². The third kappa shape index (κ3) is 5.11. The molecule has 2 aromatic carbocycles. The Labute approximate surface area is 194 Å². The first-order chi connectivity index (χ1) is 11.6. The van der Waals surface area contributed by atoms with Crippen LogP contribution in [-0.2, 0) is 25.9 Å². The van der Waals surface area contributed by atoms with Crippen molar-refractivity contribution in [1.29, 1.82) is 0 Å². The van der Waals surface area contributed by atoms with Gasteiger partial charge in [-0.05, 0) is 0 Å². The number of hydrogen-bond donors (Lipinski definition) is 0. The van der Waals surface area contributed by atoms with Gasteiger partial charge < -0.3 is 37.2 Å². The summed E-state index contributed by atoms with van der Waals surface area (Å²) in [4.78, 5) is 0. The van der Waals surface area contributed by atoms with Crippen molar-refractivity contribution in [2.24, 2.45) is 0 Å². The van der Waals surface area contributed by atoms with E-state index in [1.165, 1.54) is 29.5 Å². The van der Waals surface area contributed by atoms with Gasteiger partial charge in [-0.25, -0.2) is 0 Å². The van der Waals surface area contributed by atoms with Crippen molar-refractivity contribution >= 4 is 0 Å². The molecule has 1 unspecified atom stereocenters. The van der Waals surface area contributed by atoms with Crippen LogP contribution in [0.3, 0.4) is 0 Å². The van der Waals surface area contributed by atoms with Crippen LogP contribution in [0.4, 0.5) is 0 Å². The summed E-state index contributed by atoms with van der Waals surface area (Å²) in [5.41, 5.74) is 4.18. The fourth-order valence-corrected chi connectivity index (χ4v) is 5.14. The molecule has 0 saturated heterocycles.